The van der Waals surface area contributed by atoms with Crippen molar-refractivity contribution in [3.63, 3.8) is 0 Å². The van der Waals surface area contributed by atoms with E-state index in [0.717, 1.165) is 31.1 Å². The van der Waals surface area contributed by atoms with E-state index in [-0.39, 0.29) is 6.61 Å². The number of aromatic nitrogens is 3. The van der Waals surface area contributed by atoms with Crippen molar-refractivity contribution in [1.82, 2.24) is 14.8 Å². The fourth-order valence-corrected chi connectivity index (χ4v) is 2.69. The lowest BCUT2D eigenvalue weighted by atomic mass is 10.1. The molecule has 1 N–H and O–H groups in total. The summed E-state index contributed by atoms with van der Waals surface area (Å²) < 4.78 is 7.25. The molecular formula is C16H21N3O2. The number of rotatable bonds is 5. The van der Waals surface area contributed by atoms with Gasteiger partial charge < -0.3 is 9.84 Å². The summed E-state index contributed by atoms with van der Waals surface area (Å²) in [5.41, 5.74) is 2.50. The molecule has 21 heavy (non-hydrogen) atoms. The first-order valence-corrected chi connectivity index (χ1v) is 7.44. The van der Waals surface area contributed by atoms with Gasteiger partial charge in [-0.15, -0.1) is 0 Å². The Morgan fingerprint density at radius 3 is 2.95 bits per heavy atom. The van der Waals surface area contributed by atoms with E-state index in [4.69, 9.17) is 9.72 Å². The molecule has 0 radical (unpaired) electrons. The van der Waals surface area contributed by atoms with Crippen LogP contribution in [-0.4, -0.2) is 39.7 Å². The van der Waals surface area contributed by atoms with E-state index in [2.05, 4.69) is 24.2 Å². The van der Waals surface area contributed by atoms with E-state index < -0.39 is 0 Å². The molecule has 0 aliphatic carbocycles. The zero-order valence-electron chi connectivity index (χ0n) is 12.3. The van der Waals surface area contributed by atoms with Gasteiger partial charge in [0.1, 0.15) is 5.82 Å². The number of hydrogen-bond donors (Lipinski definition) is 1. The lowest BCUT2D eigenvalue weighted by Gasteiger charge is -2.06. The topological polar surface area (TPSA) is 60.2 Å². The molecule has 3 rings (SSSR count). The van der Waals surface area contributed by atoms with Gasteiger partial charge in [0.2, 0.25) is 0 Å². The van der Waals surface area contributed by atoms with Crippen molar-refractivity contribution in [2.75, 3.05) is 19.8 Å². The molecule has 1 unspecified atom stereocenters. The second kappa shape index (κ2) is 6.37. The van der Waals surface area contributed by atoms with Crippen molar-refractivity contribution >= 4 is 0 Å². The smallest absolute Gasteiger partial charge is 0.156 e. The molecule has 0 bridgehead atoms. The normalized spacial score (nSPS) is 18.3. The summed E-state index contributed by atoms with van der Waals surface area (Å²) in [5.74, 6) is 2.06. The molecule has 1 saturated heterocycles. The zero-order chi connectivity index (χ0) is 14.7. The Hall–Kier alpha value is -1.72. The lowest BCUT2D eigenvalue weighted by Crippen LogP contribution is -2.10. The quantitative estimate of drug-likeness (QED) is 0.909. The van der Waals surface area contributed by atoms with Gasteiger partial charge in [0.05, 0.1) is 19.8 Å². The highest BCUT2D eigenvalue weighted by Crippen LogP contribution is 2.23. The third kappa shape index (κ3) is 3.14. The molecular weight excluding hydrogens is 266 g/mol. The van der Waals surface area contributed by atoms with Crippen molar-refractivity contribution in [3.05, 3.63) is 47.0 Å². The number of ether oxygens (including phenoxy) is 1. The molecule has 1 atom stereocenters. The molecule has 1 aromatic heterocycles. The van der Waals surface area contributed by atoms with Gasteiger partial charge in [-0.3, -0.25) is 0 Å². The fourth-order valence-electron chi connectivity index (χ4n) is 2.69. The molecule has 0 amide bonds. The first-order valence-electron chi connectivity index (χ1n) is 7.44. The van der Waals surface area contributed by atoms with Gasteiger partial charge in [0.15, 0.2) is 5.82 Å². The van der Waals surface area contributed by atoms with Crippen LogP contribution in [0.4, 0.5) is 0 Å². The van der Waals surface area contributed by atoms with Gasteiger partial charge in [0, 0.05) is 18.9 Å². The highest BCUT2D eigenvalue weighted by Gasteiger charge is 2.23. The molecule has 0 saturated carbocycles. The molecule has 2 heterocycles. The number of nitrogens with zero attached hydrogens (tertiary/aromatic N) is 3. The van der Waals surface area contributed by atoms with Crippen LogP contribution in [0.25, 0.3) is 0 Å². The summed E-state index contributed by atoms with van der Waals surface area (Å²) >= 11 is 0. The maximum atomic E-state index is 9.23. The summed E-state index contributed by atoms with van der Waals surface area (Å²) in [5, 5.41) is 13.8. The van der Waals surface area contributed by atoms with Crippen LogP contribution >= 0.6 is 0 Å². The summed E-state index contributed by atoms with van der Waals surface area (Å²) in [6.45, 7) is 4.15. The molecule has 1 fully saturated rings. The van der Waals surface area contributed by atoms with Gasteiger partial charge in [-0.2, -0.15) is 5.10 Å². The van der Waals surface area contributed by atoms with E-state index in [1.54, 1.807) is 0 Å². The minimum atomic E-state index is 0.0741. The van der Waals surface area contributed by atoms with Crippen LogP contribution in [-0.2, 0) is 17.7 Å². The maximum absolute atomic E-state index is 9.23. The second-order valence-electron chi connectivity index (χ2n) is 5.50. The maximum Gasteiger partial charge on any atom is 0.156 e. The third-order valence-electron chi connectivity index (χ3n) is 3.98. The van der Waals surface area contributed by atoms with Crippen molar-refractivity contribution in [1.29, 1.82) is 0 Å². The minimum Gasteiger partial charge on any atom is -0.394 e. The molecule has 1 aliphatic rings. The SMILES string of the molecule is Cc1ccccc1Cc1nc(C2CCOC2)nn1CCO. The highest BCUT2D eigenvalue weighted by atomic mass is 16.5. The Balaban J connectivity index is 1.87. The average Bonchev–Trinajstić information content (AvgIpc) is 3.12. The summed E-state index contributed by atoms with van der Waals surface area (Å²) in [6.07, 6.45) is 1.72. The monoisotopic (exact) mass is 287 g/mol. The summed E-state index contributed by atoms with van der Waals surface area (Å²) in [7, 11) is 0. The van der Waals surface area contributed by atoms with Crippen molar-refractivity contribution in [2.24, 2.45) is 0 Å². The largest absolute Gasteiger partial charge is 0.394 e. The van der Waals surface area contributed by atoms with Crippen molar-refractivity contribution in [3.8, 4) is 0 Å². The van der Waals surface area contributed by atoms with Crippen LogP contribution in [0.2, 0.25) is 0 Å². The molecule has 5 heteroatoms. The van der Waals surface area contributed by atoms with E-state index in [1.165, 1.54) is 11.1 Å². The molecule has 5 nitrogen and oxygen atoms in total. The minimum absolute atomic E-state index is 0.0741. The van der Waals surface area contributed by atoms with Crippen LogP contribution in [0.1, 0.15) is 35.1 Å². The van der Waals surface area contributed by atoms with E-state index in [0.29, 0.717) is 19.1 Å². The molecule has 2 aromatic rings. The second-order valence-corrected chi connectivity index (χ2v) is 5.50. The molecule has 1 aliphatic heterocycles. The highest BCUT2D eigenvalue weighted by molar-refractivity contribution is 5.28. The van der Waals surface area contributed by atoms with Gasteiger partial charge in [0.25, 0.3) is 0 Å². The van der Waals surface area contributed by atoms with Crippen LogP contribution in [0.5, 0.6) is 0 Å². The summed E-state index contributed by atoms with van der Waals surface area (Å²) in [4.78, 5) is 4.71. The van der Waals surface area contributed by atoms with Crippen LogP contribution in [0.15, 0.2) is 24.3 Å². The third-order valence-corrected chi connectivity index (χ3v) is 3.98. The van der Waals surface area contributed by atoms with Gasteiger partial charge in [-0.05, 0) is 24.5 Å². The molecule has 1 aromatic carbocycles. The number of aryl methyl sites for hydroxylation is 1. The van der Waals surface area contributed by atoms with Crippen molar-refractivity contribution < 1.29 is 9.84 Å². The number of aliphatic hydroxyl groups excluding tert-OH is 1. The van der Waals surface area contributed by atoms with Crippen LogP contribution in [0, 0.1) is 6.92 Å². The number of benzene rings is 1. The van der Waals surface area contributed by atoms with E-state index in [9.17, 15) is 5.11 Å². The predicted octanol–water partition coefficient (Wildman–Crippen LogP) is 1.67. The Bertz CT molecular complexity index is 603. The lowest BCUT2D eigenvalue weighted by molar-refractivity contribution is 0.193. The Kier molecular flexibility index (Phi) is 4.31. The standard InChI is InChI=1S/C16H21N3O2/c1-12-4-2-3-5-13(12)10-15-17-16(14-6-9-21-11-14)18-19(15)7-8-20/h2-5,14,20H,6-11H2,1H3. The first kappa shape index (κ1) is 14.2. The van der Waals surface area contributed by atoms with Crippen LogP contribution < -0.4 is 0 Å². The van der Waals surface area contributed by atoms with E-state index in [1.807, 2.05) is 16.8 Å². The van der Waals surface area contributed by atoms with Gasteiger partial charge in [-0.1, -0.05) is 24.3 Å². The molecule has 0 spiro atoms. The van der Waals surface area contributed by atoms with Crippen molar-refractivity contribution in [2.45, 2.75) is 32.2 Å². The van der Waals surface area contributed by atoms with E-state index >= 15 is 0 Å². The zero-order valence-corrected chi connectivity index (χ0v) is 12.3. The van der Waals surface area contributed by atoms with Crippen LogP contribution in [0.3, 0.4) is 0 Å². The Morgan fingerprint density at radius 2 is 2.24 bits per heavy atom. The number of hydrogen-bond acceptors (Lipinski definition) is 4. The Labute approximate surface area is 124 Å². The first-order chi connectivity index (χ1) is 10.3. The fraction of sp³-hybridized carbons (Fsp3) is 0.500. The Morgan fingerprint density at radius 1 is 1.38 bits per heavy atom. The predicted molar refractivity (Wildman–Crippen MR) is 79.3 cm³/mol. The molecule has 112 valence electrons. The van der Waals surface area contributed by atoms with Gasteiger partial charge >= 0.3 is 0 Å². The summed E-state index contributed by atoms with van der Waals surface area (Å²) in [6, 6.07) is 8.30. The number of aliphatic hydroxyl groups is 1. The average molecular weight is 287 g/mol. The van der Waals surface area contributed by atoms with Gasteiger partial charge in [-0.25, -0.2) is 9.67 Å².